The smallest absolute Gasteiger partial charge is 0.248 e. The van der Waals surface area contributed by atoms with Gasteiger partial charge in [-0.2, -0.15) is 0 Å². The predicted molar refractivity (Wildman–Crippen MR) is 90.2 cm³/mol. The largest absolute Gasteiger partial charge is 0.341 e. The highest BCUT2D eigenvalue weighted by Crippen LogP contribution is 2.19. The molecule has 0 unspecified atom stereocenters. The van der Waals surface area contributed by atoms with Gasteiger partial charge in [-0.3, -0.25) is 14.9 Å². The molecule has 1 aromatic rings. The molecular formula is C17H25N5O2. The summed E-state index contributed by atoms with van der Waals surface area (Å²) >= 11 is 0. The van der Waals surface area contributed by atoms with E-state index in [0.29, 0.717) is 0 Å². The molecular weight excluding hydrogens is 306 g/mol. The zero-order chi connectivity index (χ0) is 16.8. The van der Waals surface area contributed by atoms with Crippen molar-refractivity contribution in [2.75, 3.05) is 18.4 Å². The molecule has 0 spiro atoms. The summed E-state index contributed by atoms with van der Waals surface area (Å²) in [6.07, 6.45) is 12.7. The van der Waals surface area contributed by atoms with Gasteiger partial charge in [-0.15, -0.1) is 5.10 Å². The molecule has 0 bridgehead atoms. The molecule has 7 nitrogen and oxygen atoms in total. The number of aromatic nitrogens is 3. The second-order valence-electron chi connectivity index (χ2n) is 6.53. The Labute approximate surface area is 142 Å². The van der Waals surface area contributed by atoms with Gasteiger partial charge in [0.25, 0.3) is 0 Å². The lowest BCUT2D eigenvalue weighted by molar-refractivity contribution is -0.132. The van der Waals surface area contributed by atoms with Crippen molar-refractivity contribution in [2.45, 2.75) is 51.5 Å². The second kappa shape index (κ2) is 8.08. The first-order chi connectivity index (χ1) is 11.7. The number of hydrogen-bond acceptors (Lipinski definition) is 4. The van der Waals surface area contributed by atoms with E-state index in [1.807, 2.05) is 11.0 Å². The van der Waals surface area contributed by atoms with Crippen LogP contribution >= 0.6 is 0 Å². The second-order valence-corrected chi connectivity index (χ2v) is 6.53. The van der Waals surface area contributed by atoms with Gasteiger partial charge in [0.15, 0.2) is 0 Å². The minimum atomic E-state index is -0.0454. The summed E-state index contributed by atoms with van der Waals surface area (Å²) in [5.41, 5.74) is 0. The van der Waals surface area contributed by atoms with Gasteiger partial charge in [-0.05, 0) is 32.1 Å². The van der Waals surface area contributed by atoms with Crippen molar-refractivity contribution < 1.29 is 9.59 Å². The Morgan fingerprint density at radius 1 is 1.17 bits per heavy atom. The number of nitrogens with zero attached hydrogens (tertiary/aromatic N) is 4. The normalized spacial score (nSPS) is 21.3. The molecule has 1 atom stereocenters. The molecule has 24 heavy (non-hydrogen) atoms. The number of carbonyl (C=O) groups is 2. The Hall–Kier alpha value is -2.18. The molecule has 1 aliphatic carbocycles. The molecule has 3 rings (SSSR count). The van der Waals surface area contributed by atoms with E-state index in [2.05, 4.69) is 21.5 Å². The summed E-state index contributed by atoms with van der Waals surface area (Å²) in [6.45, 7) is 1.83. The molecule has 2 amide bonds. The van der Waals surface area contributed by atoms with Crippen LogP contribution in [0.15, 0.2) is 18.5 Å². The fourth-order valence-electron chi connectivity index (χ4n) is 3.23. The standard InChI is InChI=1S/C17H25N5O2/c23-15(21-10-6-1-2-7-11-21)12-22-13-18-17(20-22)19-16(24)14-8-4-3-5-9-14/h3-4,13-14H,1-2,5-12H2,(H,19,20,24)/t14-/m0/s1. The first-order valence-electron chi connectivity index (χ1n) is 8.85. The average molecular weight is 331 g/mol. The van der Waals surface area contributed by atoms with Crippen LogP contribution in [0.2, 0.25) is 0 Å². The van der Waals surface area contributed by atoms with E-state index in [1.165, 1.54) is 23.9 Å². The van der Waals surface area contributed by atoms with Crippen molar-refractivity contribution in [3.8, 4) is 0 Å². The summed E-state index contributed by atoms with van der Waals surface area (Å²) in [6, 6.07) is 0. The van der Waals surface area contributed by atoms with Gasteiger partial charge in [0.1, 0.15) is 12.9 Å². The number of likely N-dealkylation sites (tertiary alicyclic amines) is 1. The number of hydrogen-bond donors (Lipinski definition) is 1. The zero-order valence-corrected chi connectivity index (χ0v) is 14.0. The predicted octanol–water partition coefficient (Wildman–Crippen LogP) is 1.98. The van der Waals surface area contributed by atoms with Gasteiger partial charge < -0.3 is 4.90 Å². The van der Waals surface area contributed by atoms with E-state index in [0.717, 1.165) is 45.2 Å². The van der Waals surface area contributed by atoms with Crippen LogP contribution in [0.3, 0.4) is 0 Å². The molecule has 1 aliphatic heterocycles. The Kier molecular flexibility index (Phi) is 5.61. The van der Waals surface area contributed by atoms with E-state index in [1.54, 1.807) is 0 Å². The Morgan fingerprint density at radius 3 is 2.67 bits per heavy atom. The van der Waals surface area contributed by atoms with Gasteiger partial charge >= 0.3 is 0 Å². The van der Waals surface area contributed by atoms with Crippen LogP contribution in [0.4, 0.5) is 5.95 Å². The summed E-state index contributed by atoms with van der Waals surface area (Å²) in [5, 5.41) is 6.97. The summed E-state index contributed by atoms with van der Waals surface area (Å²) in [4.78, 5) is 30.5. The first kappa shape index (κ1) is 16.7. The molecule has 1 N–H and O–H groups in total. The minimum Gasteiger partial charge on any atom is -0.341 e. The van der Waals surface area contributed by atoms with Crippen LogP contribution in [0.25, 0.3) is 0 Å². The molecule has 0 aromatic carbocycles. The lowest BCUT2D eigenvalue weighted by atomic mass is 9.94. The zero-order valence-electron chi connectivity index (χ0n) is 14.0. The number of anilines is 1. The van der Waals surface area contributed by atoms with E-state index in [-0.39, 0.29) is 30.2 Å². The topological polar surface area (TPSA) is 80.1 Å². The summed E-state index contributed by atoms with van der Waals surface area (Å²) < 4.78 is 1.50. The van der Waals surface area contributed by atoms with Crippen molar-refractivity contribution in [1.82, 2.24) is 19.7 Å². The Bertz CT molecular complexity index is 602. The number of amides is 2. The first-order valence-corrected chi connectivity index (χ1v) is 8.85. The van der Waals surface area contributed by atoms with Crippen LogP contribution in [0.5, 0.6) is 0 Å². The Balaban J connectivity index is 1.52. The molecule has 0 radical (unpaired) electrons. The molecule has 1 saturated heterocycles. The molecule has 2 aliphatic rings. The van der Waals surface area contributed by atoms with Crippen LogP contribution < -0.4 is 5.32 Å². The van der Waals surface area contributed by atoms with Crippen LogP contribution in [-0.2, 0) is 16.1 Å². The number of rotatable bonds is 4. The molecule has 1 fully saturated rings. The van der Waals surface area contributed by atoms with E-state index in [9.17, 15) is 9.59 Å². The fourth-order valence-corrected chi connectivity index (χ4v) is 3.23. The van der Waals surface area contributed by atoms with Gasteiger partial charge in [0.2, 0.25) is 17.8 Å². The highest BCUT2D eigenvalue weighted by atomic mass is 16.2. The molecule has 7 heteroatoms. The third-order valence-corrected chi connectivity index (χ3v) is 4.67. The maximum absolute atomic E-state index is 12.3. The van der Waals surface area contributed by atoms with Crippen molar-refractivity contribution in [3.63, 3.8) is 0 Å². The van der Waals surface area contributed by atoms with E-state index < -0.39 is 0 Å². The Morgan fingerprint density at radius 2 is 1.96 bits per heavy atom. The van der Waals surface area contributed by atoms with E-state index >= 15 is 0 Å². The lowest BCUT2D eigenvalue weighted by Crippen LogP contribution is -2.34. The SMILES string of the molecule is O=C(Nc1ncn(CC(=O)N2CCCCCC2)n1)[C@H]1CC=CCC1. The number of nitrogens with one attached hydrogen (secondary N) is 1. The third kappa shape index (κ3) is 4.43. The molecule has 2 heterocycles. The van der Waals surface area contributed by atoms with Crippen LogP contribution in [0.1, 0.15) is 44.9 Å². The highest BCUT2D eigenvalue weighted by Gasteiger charge is 2.20. The minimum absolute atomic E-state index is 0.0133. The molecule has 130 valence electrons. The number of carbonyl (C=O) groups excluding carboxylic acids is 2. The maximum atomic E-state index is 12.3. The lowest BCUT2D eigenvalue weighted by Gasteiger charge is -2.19. The van der Waals surface area contributed by atoms with Gasteiger partial charge in [-0.1, -0.05) is 25.0 Å². The van der Waals surface area contributed by atoms with Crippen LogP contribution in [-0.4, -0.2) is 44.6 Å². The highest BCUT2D eigenvalue weighted by molar-refractivity contribution is 5.91. The van der Waals surface area contributed by atoms with Gasteiger partial charge in [0, 0.05) is 19.0 Å². The molecule has 1 aromatic heterocycles. The monoisotopic (exact) mass is 331 g/mol. The van der Waals surface area contributed by atoms with Crippen molar-refractivity contribution in [2.24, 2.45) is 5.92 Å². The van der Waals surface area contributed by atoms with Gasteiger partial charge in [0.05, 0.1) is 0 Å². The summed E-state index contributed by atoms with van der Waals surface area (Å²) in [5.74, 6) is 0.284. The average Bonchev–Trinajstić information content (AvgIpc) is 2.86. The fraction of sp³-hybridized carbons (Fsp3) is 0.647. The van der Waals surface area contributed by atoms with E-state index in [4.69, 9.17) is 0 Å². The molecule has 0 saturated carbocycles. The maximum Gasteiger partial charge on any atom is 0.248 e. The van der Waals surface area contributed by atoms with Gasteiger partial charge in [-0.25, -0.2) is 9.67 Å². The van der Waals surface area contributed by atoms with Crippen molar-refractivity contribution >= 4 is 17.8 Å². The quantitative estimate of drug-likeness (QED) is 0.856. The summed E-state index contributed by atoms with van der Waals surface area (Å²) in [7, 11) is 0. The van der Waals surface area contributed by atoms with Crippen LogP contribution in [0, 0.1) is 5.92 Å². The third-order valence-electron chi connectivity index (χ3n) is 4.67. The van der Waals surface area contributed by atoms with Crippen molar-refractivity contribution in [3.05, 3.63) is 18.5 Å². The number of allylic oxidation sites excluding steroid dienone is 2. The van der Waals surface area contributed by atoms with Crippen molar-refractivity contribution in [1.29, 1.82) is 0 Å².